The van der Waals surface area contributed by atoms with Gasteiger partial charge in [0.15, 0.2) is 0 Å². The molecule has 0 radical (unpaired) electrons. The van der Waals surface area contributed by atoms with Gasteiger partial charge in [-0.05, 0) is 30.2 Å². The number of amides is 2. The van der Waals surface area contributed by atoms with Crippen LogP contribution in [0.15, 0.2) is 24.3 Å². The van der Waals surface area contributed by atoms with E-state index in [2.05, 4.69) is 15.3 Å². The van der Waals surface area contributed by atoms with Crippen LogP contribution in [0.1, 0.15) is 35.3 Å². The Morgan fingerprint density at radius 1 is 1.22 bits per heavy atom. The van der Waals surface area contributed by atoms with Gasteiger partial charge < -0.3 is 29.3 Å². The predicted molar refractivity (Wildman–Crippen MR) is 127 cm³/mol. The minimum absolute atomic E-state index is 0.0570. The minimum atomic E-state index is -3.13. The number of nitrogens with one attached hydrogen (secondary N) is 1. The summed E-state index contributed by atoms with van der Waals surface area (Å²) in [5.41, 5.74) is 1.97. The lowest BCUT2D eigenvalue weighted by atomic mass is 10.0. The molecule has 0 aliphatic carbocycles. The highest BCUT2D eigenvalue weighted by molar-refractivity contribution is 6.28. The van der Waals surface area contributed by atoms with Crippen LogP contribution in [-0.2, 0) is 33.2 Å². The van der Waals surface area contributed by atoms with Gasteiger partial charge in [-0.3, -0.25) is 0 Å². The Morgan fingerprint density at radius 2 is 2.00 bits per heavy atom. The Labute approximate surface area is 212 Å². The van der Waals surface area contributed by atoms with Crippen LogP contribution in [0, 0.1) is 0 Å². The second-order valence-electron chi connectivity index (χ2n) is 9.17. The fourth-order valence-electron chi connectivity index (χ4n) is 4.37. The topological polar surface area (TPSA) is 89.1 Å². The summed E-state index contributed by atoms with van der Waals surface area (Å²) in [4.78, 5) is 25.1. The fraction of sp³-hybridized carbons (Fsp3) is 0.542. The number of benzene rings is 1. The third kappa shape index (κ3) is 5.39. The Morgan fingerprint density at radius 3 is 2.72 bits per heavy atom. The standard InChI is InChI=1S/C24H28ClF2N5O4/c1-15(16-3-2-4-17(9-16)24(26,27)14-36-18-12-35-13-18)28-21-19-10-32(11-20(19)29-22(25)30-21)23(33)31-5-7-34-8-6-31/h2-4,9,15,18H,5-8,10-14H2,1H3,(H,28,29,30)/t15-/m1/s1. The van der Waals surface area contributed by atoms with E-state index in [1.807, 2.05) is 6.92 Å². The molecule has 5 rings (SSSR count). The number of carbonyl (C=O) groups excluding carboxylic acids is 1. The van der Waals surface area contributed by atoms with Crippen molar-refractivity contribution in [3.63, 3.8) is 0 Å². The summed E-state index contributed by atoms with van der Waals surface area (Å²) >= 11 is 6.18. The Hall–Kier alpha value is -2.60. The SMILES string of the molecule is C[C@@H](Nc1nc(Cl)nc2c1CN(C(=O)N1CCOCC1)C2)c1cccc(C(F)(F)COC2COC2)c1. The molecule has 12 heteroatoms. The van der Waals surface area contributed by atoms with Crippen molar-refractivity contribution in [1.82, 2.24) is 19.8 Å². The third-order valence-corrected chi connectivity index (χ3v) is 6.75. The molecule has 0 bridgehead atoms. The van der Waals surface area contributed by atoms with E-state index in [0.717, 1.165) is 5.56 Å². The van der Waals surface area contributed by atoms with E-state index >= 15 is 0 Å². The highest BCUT2D eigenvalue weighted by Gasteiger charge is 2.35. The largest absolute Gasteiger partial charge is 0.378 e. The van der Waals surface area contributed by atoms with Crippen LogP contribution in [0.4, 0.5) is 19.4 Å². The number of nitrogens with zero attached hydrogens (tertiary/aromatic N) is 4. The maximum absolute atomic E-state index is 14.8. The van der Waals surface area contributed by atoms with Crippen LogP contribution in [0.2, 0.25) is 5.28 Å². The van der Waals surface area contributed by atoms with Gasteiger partial charge in [-0.15, -0.1) is 0 Å². The molecule has 1 aromatic carbocycles. The maximum Gasteiger partial charge on any atom is 0.320 e. The molecule has 9 nitrogen and oxygen atoms in total. The van der Waals surface area contributed by atoms with Gasteiger partial charge in [-0.25, -0.2) is 14.8 Å². The van der Waals surface area contributed by atoms with Crippen molar-refractivity contribution in [2.75, 3.05) is 51.4 Å². The minimum Gasteiger partial charge on any atom is -0.378 e. The third-order valence-electron chi connectivity index (χ3n) is 6.58. The van der Waals surface area contributed by atoms with E-state index in [9.17, 15) is 13.6 Å². The van der Waals surface area contributed by atoms with Gasteiger partial charge in [0, 0.05) is 30.3 Å². The molecule has 4 heterocycles. The summed E-state index contributed by atoms with van der Waals surface area (Å²) in [5.74, 6) is -2.65. The number of fused-ring (bicyclic) bond motifs is 1. The first-order chi connectivity index (χ1) is 17.3. The second kappa shape index (κ2) is 10.4. The number of hydrogen-bond donors (Lipinski definition) is 1. The molecule has 2 fully saturated rings. The molecular formula is C24H28ClF2N5O4. The lowest BCUT2D eigenvalue weighted by molar-refractivity contribution is -0.175. The highest BCUT2D eigenvalue weighted by atomic mass is 35.5. The summed E-state index contributed by atoms with van der Waals surface area (Å²) in [6.45, 7) is 4.62. The summed E-state index contributed by atoms with van der Waals surface area (Å²) in [6.07, 6.45) is -0.279. The molecule has 2 saturated heterocycles. The van der Waals surface area contributed by atoms with Crippen LogP contribution in [0.3, 0.4) is 0 Å². The number of hydrogen-bond acceptors (Lipinski definition) is 7. The molecule has 2 amide bonds. The van der Waals surface area contributed by atoms with E-state index in [4.69, 9.17) is 25.8 Å². The van der Waals surface area contributed by atoms with Gasteiger partial charge in [0.1, 0.15) is 18.5 Å². The van der Waals surface area contributed by atoms with Crippen molar-refractivity contribution in [1.29, 1.82) is 0 Å². The molecule has 2 aromatic rings. The molecule has 0 spiro atoms. The molecule has 1 N–H and O–H groups in total. The van der Waals surface area contributed by atoms with Crippen LogP contribution in [0.5, 0.6) is 0 Å². The molecule has 36 heavy (non-hydrogen) atoms. The zero-order valence-electron chi connectivity index (χ0n) is 19.9. The number of anilines is 1. The Bertz CT molecular complexity index is 1110. The monoisotopic (exact) mass is 523 g/mol. The van der Waals surface area contributed by atoms with E-state index in [0.29, 0.717) is 69.7 Å². The fourth-order valence-corrected chi connectivity index (χ4v) is 4.56. The quantitative estimate of drug-likeness (QED) is 0.555. The molecule has 194 valence electrons. The number of carbonyl (C=O) groups is 1. The second-order valence-corrected chi connectivity index (χ2v) is 9.51. The van der Waals surface area contributed by atoms with Gasteiger partial charge in [0.05, 0.1) is 45.2 Å². The van der Waals surface area contributed by atoms with Crippen LogP contribution >= 0.6 is 11.6 Å². The van der Waals surface area contributed by atoms with E-state index in [1.54, 1.807) is 21.9 Å². The molecule has 1 atom stereocenters. The smallest absolute Gasteiger partial charge is 0.320 e. The van der Waals surface area contributed by atoms with Crippen molar-refractivity contribution >= 4 is 23.4 Å². The van der Waals surface area contributed by atoms with Crippen molar-refractivity contribution < 1.29 is 27.8 Å². The number of urea groups is 1. The summed E-state index contributed by atoms with van der Waals surface area (Å²) < 4.78 is 45.1. The predicted octanol–water partition coefficient (Wildman–Crippen LogP) is 3.58. The van der Waals surface area contributed by atoms with Crippen molar-refractivity contribution in [3.05, 3.63) is 51.9 Å². The van der Waals surface area contributed by atoms with Crippen LogP contribution < -0.4 is 5.32 Å². The van der Waals surface area contributed by atoms with E-state index in [-0.39, 0.29) is 29.0 Å². The van der Waals surface area contributed by atoms with Gasteiger partial charge in [-0.1, -0.05) is 18.2 Å². The van der Waals surface area contributed by atoms with Crippen molar-refractivity contribution in [2.24, 2.45) is 0 Å². The zero-order valence-corrected chi connectivity index (χ0v) is 20.6. The van der Waals surface area contributed by atoms with E-state index in [1.165, 1.54) is 12.1 Å². The Kier molecular flexibility index (Phi) is 7.25. The average molecular weight is 524 g/mol. The normalized spacial score (nSPS) is 19.1. The van der Waals surface area contributed by atoms with Crippen molar-refractivity contribution in [2.45, 2.75) is 38.1 Å². The van der Waals surface area contributed by atoms with Gasteiger partial charge >= 0.3 is 6.03 Å². The summed E-state index contributed by atoms with van der Waals surface area (Å²) in [5, 5.41) is 3.34. The molecular weight excluding hydrogens is 496 g/mol. The molecule has 3 aliphatic heterocycles. The van der Waals surface area contributed by atoms with Gasteiger partial charge in [-0.2, -0.15) is 8.78 Å². The first-order valence-corrected chi connectivity index (χ1v) is 12.3. The van der Waals surface area contributed by atoms with Gasteiger partial charge in [0.2, 0.25) is 5.28 Å². The number of ether oxygens (including phenoxy) is 3. The lowest BCUT2D eigenvalue weighted by Gasteiger charge is -2.30. The highest BCUT2D eigenvalue weighted by Crippen LogP contribution is 2.34. The number of morpholine rings is 1. The number of rotatable bonds is 7. The first-order valence-electron chi connectivity index (χ1n) is 11.9. The summed E-state index contributed by atoms with van der Waals surface area (Å²) in [6, 6.07) is 5.79. The van der Waals surface area contributed by atoms with Crippen LogP contribution in [0.25, 0.3) is 0 Å². The molecule has 3 aliphatic rings. The van der Waals surface area contributed by atoms with E-state index < -0.39 is 12.5 Å². The Balaban J connectivity index is 1.29. The number of aromatic nitrogens is 2. The maximum atomic E-state index is 14.8. The van der Waals surface area contributed by atoms with Gasteiger partial charge in [0.25, 0.3) is 5.92 Å². The average Bonchev–Trinajstić information content (AvgIpc) is 3.27. The first kappa shape index (κ1) is 25.1. The summed E-state index contributed by atoms with van der Waals surface area (Å²) in [7, 11) is 0. The zero-order chi connectivity index (χ0) is 25.3. The van der Waals surface area contributed by atoms with Crippen molar-refractivity contribution in [3.8, 4) is 0 Å². The number of alkyl halides is 2. The number of halogens is 3. The van der Waals surface area contributed by atoms with Crippen LogP contribution in [-0.4, -0.2) is 78.0 Å². The molecule has 1 aromatic heterocycles. The molecule has 0 saturated carbocycles. The lowest BCUT2D eigenvalue weighted by Crippen LogP contribution is -2.46. The molecule has 0 unspecified atom stereocenters.